The van der Waals surface area contributed by atoms with E-state index in [9.17, 15) is 9.59 Å². The Kier molecular flexibility index (Phi) is 5.19. The Bertz CT molecular complexity index is 613. The molecule has 0 aromatic heterocycles. The largest absolute Gasteiger partial charge is 0.444 e. The first-order valence-electron chi connectivity index (χ1n) is 7.53. The Morgan fingerprint density at radius 2 is 2.09 bits per heavy atom. The summed E-state index contributed by atoms with van der Waals surface area (Å²) in [5.41, 5.74) is 6.29. The van der Waals surface area contributed by atoms with Crippen molar-refractivity contribution in [2.45, 2.75) is 45.3 Å². The molecule has 0 spiro atoms. The van der Waals surface area contributed by atoms with Crippen LogP contribution in [0.4, 0.5) is 16.2 Å². The number of nitrogen functional groups attached to an aromatic ring is 1. The molecule has 1 aromatic rings. The van der Waals surface area contributed by atoms with Crippen LogP contribution in [0, 0.1) is 0 Å². The van der Waals surface area contributed by atoms with Crippen molar-refractivity contribution in [2.75, 3.05) is 17.6 Å². The first-order valence-corrected chi connectivity index (χ1v) is 8.32. The van der Waals surface area contributed by atoms with Gasteiger partial charge in [0.05, 0.1) is 11.4 Å². The number of amides is 2. The number of ether oxygens (including phenoxy) is 1. The maximum absolute atomic E-state index is 12.5. The highest BCUT2D eigenvalue weighted by Gasteiger charge is 2.36. The van der Waals surface area contributed by atoms with E-state index in [-0.39, 0.29) is 5.91 Å². The molecule has 23 heavy (non-hydrogen) atoms. The number of nitrogens with zero attached hydrogens (tertiary/aromatic N) is 1. The van der Waals surface area contributed by atoms with Gasteiger partial charge in [-0.15, -0.1) is 0 Å². The number of halogens is 1. The Morgan fingerprint density at radius 1 is 1.39 bits per heavy atom. The van der Waals surface area contributed by atoms with Crippen LogP contribution in [-0.2, 0) is 9.53 Å². The number of nitrogens with two attached hydrogens (primary N) is 1. The number of nitrogens with one attached hydrogen (secondary N) is 1. The number of anilines is 2. The van der Waals surface area contributed by atoms with Crippen LogP contribution in [0.3, 0.4) is 0 Å². The number of hydrogen-bond acceptors (Lipinski definition) is 4. The number of carbonyl (C=O) groups is 2. The molecule has 1 aliphatic rings. The molecule has 0 saturated carbocycles. The maximum Gasteiger partial charge on any atom is 0.410 e. The highest BCUT2D eigenvalue weighted by Crippen LogP contribution is 2.26. The third-order valence-corrected chi connectivity index (χ3v) is 3.95. The summed E-state index contributed by atoms with van der Waals surface area (Å²) in [5.74, 6) is -0.252. The summed E-state index contributed by atoms with van der Waals surface area (Å²) in [5, 5.41) is 2.80. The molecule has 1 heterocycles. The lowest BCUT2D eigenvalue weighted by Gasteiger charge is -2.28. The van der Waals surface area contributed by atoms with Crippen LogP contribution in [0.25, 0.3) is 0 Å². The average Bonchev–Trinajstić information content (AvgIpc) is 2.90. The van der Waals surface area contributed by atoms with Gasteiger partial charge in [-0.2, -0.15) is 0 Å². The molecule has 0 aliphatic carbocycles. The predicted octanol–water partition coefficient (Wildman–Crippen LogP) is 3.37. The van der Waals surface area contributed by atoms with Crippen molar-refractivity contribution in [3.8, 4) is 0 Å². The van der Waals surface area contributed by atoms with Crippen molar-refractivity contribution >= 4 is 39.3 Å². The molecular formula is C16H22BrN3O3. The van der Waals surface area contributed by atoms with E-state index >= 15 is 0 Å². The van der Waals surface area contributed by atoms with Crippen LogP contribution in [0.2, 0.25) is 0 Å². The van der Waals surface area contributed by atoms with E-state index in [0.29, 0.717) is 24.3 Å². The Hall–Kier alpha value is -1.76. The monoisotopic (exact) mass is 383 g/mol. The van der Waals surface area contributed by atoms with Crippen LogP contribution < -0.4 is 11.1 Å². The van der Waals surface area contributed by atoms with E-state index in [4.69, 9.17) is 10.5 Å². The molecule has 0 bridgehead atoms. The number of rotatable bonds is 2. The van der Waals surface area contributed by atoms with Crippen molar-refractivity contribution in [2.24, 2.45) is 0 Å². The van der Waals surface area contributed by atoms with Crippen LogP contribution >= 0.6 is 15.9 Å². The maximum atomic E-state index is 12.5. The van der Waals surface area contributed by atoms with Gasteiger partial charge in [0, 0.05) is 11.0 Å². The summed E-state index contributed by atoms with van der Waals surface area (Å²) in [6.45, 7) is 5.93. The fourth-order valence-electron chi connectivity index (χ4n) is 2.43. The molecule has 1 fully saturated rings. The van der Waals surface area contributed by atoms with Crippen LogP contribution in [-0.4, -0.2) is 35.1 Å². The van der Waals surface area contributed by atoms with E-state index in [0.717, 1.165) is 10.9 Å². The molecule has 0 unspecified atom stereocenters. The van der Waals surface area contributed by atoms with Gasteiger partial charge in [0.25, 0.3) is 0 Å². The molecule has 6 nitrogen and oxygen atoms in total. The lowest BCUT2D eigenvalue weighted by Crippen LogP contribution is -2.45. The second-order valence-electron chi connectivity index (χ2n) is 6.55. The van der Waals surface area contributed by atoms with Gasteiger partial charge in [-0.1, -0.05) is 15.9 Å². The first-order chi connectivity index (χ1) is 10.7. The van der Waals surface area contributed by atoms with Crippen molar-refractivity contribution in [3.05, 3.63) is 22.7 Å². The number of benzene rings is 1. The topological polar surface area (TPSA) is 84.7 Å². The summed E-state index contributed by atoms with van der Waals surface area (Å²) in [4.78, 5) is 26.2. The van der Waals surface area contributed by atoms with Gasteiger partial charge in [0.15, 0.2) is 0 Å². The number of carbonyl (C=O) groups excluding carboxylic acids is 2. The molecule has 126 valence electrons. The third-order valence-electron chi connectivity index (χ3n) is 3.46. The van der Waals surface area contributed by atoms with Crippen LogP contribution in [0.1, 0.15) is 33.6 Å². The zero-order valence-corrected chi connectivity index (χ0v) is 15.1. The Labute approximate surface area is 144 Å². The molecule has 1 aliphatic heterocycles. The van der Waals surface area contributed by atoms with E-state index < -0.39 is 17.7 Å². The van der Waals surface area contributed by atoms with E-state index in [1.165, 1.54) is 4.90 Å². The minimum atomic E-state index is -0.588. The van der Waals surface area contributed by atoms with Crippen LogP contribution in [0.15, 0.2) is 22.7 Å². The lowest BCUT2D eigenvalue weighted by atomic mass is 10.2. The quantitative estimate of drug-likeness (QED) is 0.766. The molecule has 1 aromatic carbocycles. The normalized spacial score (nSPS) is 17.9. The van der Waals surface area contributed by atoms with E-state index in [1.54, 1.807) is 39.0 Å². The highest BCUT2D eigenvalue weighted by molar-refractivity contribution is 9.10. The third kappa shape index (κ3) is 4.60. The van der Waals surface area contributed by atoms with E-state index in [1.807, 2.05) is 0 Å². The van der Waals surface area contributed by atoms with Crippen molar-refractivity contribution in [3.63, 3.8) is 0 Å². The summed E-state index contributed by atoms with van der Waals surface area (Å²) < 4.78 is 6.19. The van der Waals surface area contributed by atoms with Crippen molar-refractivity contribution in [1.29, 1.82) is 0 Å². The van der Waals surface area contributed by atoms with Gasteiger partial charge >= 0.3 is 6.09 Å². The summed E-state index contributed by atoms with van der Waals surface area (Å²) >= 11 is 3.35. The molecule has 1 atom stereocenters. The lowest BCUT2D eigenvalue weighted by molar-refractivity contribution is -0.120. The Balaban J connectivity index is 2.08. The number of hydrogen-bond donors (Lipinski definition) is 2. The fraction of sp³-hybridized carbons (Fsp3) is 0.500. The van der Waals surface area contributed by atoms with Crippen LogP contribution in [0.5, 0.6) is 0 Å². The molecule has 2 rings (SSSR count). The second kappa shape index (κ2) is 6.78. The number of likely N-dealkylation sites (tertiary alicyclic amines) is 1. The molecule has 7 heteroatoms. The van der Waals surface area contributed by atoms with Crippen molar-refractivity contribution < 1.29 is 14.3 Å². The predicted molar refractivity (Wildman–Crippen MR) is 93.1 cm³/mol. The van der Waals surface area contributed by atoms with Gasteiger partial charge in [-0.05, 0) is 51.8 Å². The smallest absolute Gasteiger partial charge is 0.410 e. The Morgan fingerprint density at radius 3 is 2.74 bits per heavy atom. The standard InChI is InChI=1S/C16H22BrN3O3/c1-16(2,3)23-15(22)20-8-4-5-13(20)14(21)19-12-9-10(17)6-7-11(12)18/h6-7,9,13H,4-5,8,18H2,1-3H3,(H,19,21)/t13-/m0/s1. The molecule has 0 radical (unpaired) electrons. The molecular weight excluding hydrogens is 362 g/mol. The van der Waals surface area contributed by atoms with Crippen molar-refractivity contribution in [1.82, 2.24) is 4.90 Å². The highest BCUT2D eigenvalue weighted by atomic mass is 79.9. The minimum absolute atomic E-state index is 0.252. The summed E-state index contributed by atoms with van der Waals surface area (Å²) in [7, 11) is 0. The van der Waals surface area contributed by atoms with Gasteiger partial charge in [0.2, 0.25) is 5.91 Å². The van der Waals surface area contributed by atoms with Gasteiger partial charge < -0.3 is 15.8 Å². The summed E-state index contributed by atoms with van der Waals surface area (Å²) in [6.07, 6.45) is 0.918. The van der Waals surface area contributed by atoms with Gasteiger partial charge in [-0.3, -0.25) is 9.69 Å². The first kappa shape index (κ1) is 17.6. The average molecular weight is 384 g/mol. The fourth-order valence-corrected chi connectivity index (χ4v) is 2.79. The van der Waals surface area contributed by atoms with E-state index in [2.05, 4.69) is 21.2 Å². The van der Waals surface area contributed by atoms with Gasteiger partial charge in [-0.25, -0.2) is 4.79 Å². The zero-order valence-electron chi connectivity index (χ0n) is 13.6. The molecule has 2 amide bonds. The molecule has 1 saturated heterocycles. The minimum Gasteiger partial charge on any atom is -0.444 e. The van der Waals surface area contributed by atoms with Gasteiger partial charge in [0.1, 0.15) is 11.6 Å². The zero-order chi connectivity index (χ0) is 17.2. The SMILES string of the molecule is CC(C)(C)OC(=O)N1CCC[C@H]1C(=O)Nc1cc(Br)ccc1N. The molecule has 3 N–H and O–H groups in total. The second-order valence-corrected chi connectivity index (χ2v) is 7.47. The summed E-state index contributed by atoms with van der Waals surface area (Å²) in [6, 6.07) is 4.70.